The monoisotopic (exact) mass is 460 g/mol. The lowest BCUT2D eigenvalue weighted by Crippen LogP contribution is -2.42. The van der Waals surface area contributed by atoms with Crippen LogP contribution in [-0.2, 0) is 9.53 Å². The highest BCUT2D eigenvalue weighted by Gasteiger charge is 2.29. The first-order valence-electron chi connectivity index (χ1n) is 10.3. The van der Waals surface area contributed by atoms with Crippen molar-refractivity contribution >= 4 is 30.4 Å². The molecular weight excluding hydrogens is 432 g/mol. The third-order valence-electron chi connectivity index (χ3n) is 5.36. The van der Waals surface area contributed by atoms with Crippen LogP contribution in [0, 0.1) is 0 Å². The summed E-state index contributed by atoms with van der Waals surface area (Å²) in [6.07, 6.45) is 0.0856. The van der Waals surface area contributed by atoms with Gasteiger partial charge in [0.15, 0.2) is 5.96 Å². The Hall–Kier alpha value is -3.26. The second-order valence-electron chi connectivity index (χ2n) is 7.25. The Morgan fingerprint density at radius 3 is 2.22 bits per heavy atom. The van der Waals surface area contributed by atoms with Gasteiger partial charge in [0.05, 0.1) is 0 Å². The normalized spacial score (nSPS) is 13.2. The summed E-state index contributed by atoms with van der Waals surface area (Å²) in [6, 6.07) is 15.1. The topological polar surface area (TPSA) is 112 Å². The summed E-state index contributed by atoms with van der Waals surface area (Å²) in [5.41, 5.74) is 4.49. The standard InChI is InChI=1S/C23H28N4O4.ClH/c1-24-22(25-2)26-13-7-12-20(21(28)29)27-23(30)31-14-19-17-10-5-3-8-15(17)16-9-4-6-11-18(16)19;/h3-6,8-11,19-20H,7,12-14H2,1-2H3,(H,27,30)(H,28,29)(H2,24,25,26);1H. The van der Waals surface area contributed by atoms with Crippen LogP contribution >= 0.6 is 12.4 Å². The number of carbonyl (C=O) groups is 2. The van der Waals surface area contributed by atoms with Crippen molar-refractivity contribution in [3.63, 3.8) is 0 Å². The molecule has 0 saturated heterocycles. The van der Waals surface area contributed by atoms with Gasteiger partial charge in [-0.25, -0.2) is 9.59 Å². The van der Waals surface area contributed by atoms with E-state index in [9.17, 15) is 14.7 Å². The molecular formula is C23H29ClN4O4. The number of nitrogens with zero attached hydrogens (tertiary/aromatic N) is 1. The maximum Gasteiger partial charge on any atom is 0.407 e. The van der Waals surface area contributed by atoms with E-state index in [0.29, 0.717) is 18.9 Å². The molecule has 172 valence electrons. The molecule has 2 aromatic rings. The van der Waals surface area contributed by atoms with Crippen molar-refractivity contribution in [3.8, 4) is 11.1 Å². The fourth-order valence-corrected chi connectivity index (χ4v) is 3.83. The van der Waals surface area contributed by atoms with E-state index in [4.69, 9.17) is 4.74 Å². The Balaban J connectivity index is 0.00000363. The van der Waals surface area contributed by atoms with Gasteiger partial charge >= 0.3 is 12.1 Å². The van der Waals surface area contributed by atoms with E-state index in [2.05, 4.69) is 33.1 Å². The van der Waals surface area contributed by atoms with Crippen molar-refractivity contribution in [3.05, 3.63) is 59.7 Å². The summed E-state index contributed by atoms with van der Waals surface area (Å²) in [5.74, 6) is -0.540. The summed E-state index contributed by atoms with van der Waals surface area (Å²) in [6.45, 7) is 0.676. The van der Waals surface area contributed by atoms with Gasteiger partial charge in [0.2, 0.25) is 0 Å². The van der Waals surface area contributed by atoms with Crippen LogP contribution in [0.1, 0.15) is 29.9 Å². The van der Waals surface area contributed by atoms with E-state index in [1.165, 1.54) is 0 Å². The lowest BCUT2D eigenvalue weighted by molar-refractivity contribution is -0.139. The molecule has 1 atom stereocenters. The summed E-state index contributed by atoms with van der Waals surface area (Å²) < 4.78 is 5.44. The quantitative estimate of drug-likeness (QED) is 0.274. The number of fused-ring (bicyclic) bond motifs is 3. The minimum absolute atomic E-state index is 0. The minimum atomic E-state index is -1.09. The van der Waals surface area contributed by atoms with Crippen LogP contribution in [0.5, 0.6) is 0 Å². The van der Waals surface area contributed by atoms with Crippen molar-refractivity contribution in [2.45, 2.75) is 24.8 Å². The predicted molar refractivity (Wildman–Crippen MR) is 127 cm³/mol. The van der Waals surface area contributed by atoms with Gasteiger partial charge in [-0.2, -0.15) is 0 Å². The van der Waals surface area contributed by atoms with Crippen LogP contribution in [0.4, 0.5) is 4.79 Å². The Morgan fingerprint density at radius 1 is 1.09 bits per heavy atom. The van der Waals surface area contributed by atoms with Gasteiger partial charge in [-0.15, -0.1) is 12.4 Å². The number of rotatable bonds is 8. The number of benzene rings is 2. The third-order valence-corrected chi connectivity index (χ3v) is 5.36. The van der Waals surface area contributed by atoms with Crippen molar-refractivity contribution in [2.75, 3.05) is 27.2 Å². The second-order valence-corrected chi connectivity index (χ2v) is 7.25. The van der Waals surface area contributed by atoms with Crippen LogP contribution in [-0.4, -0.2) is 56.4 Å². The highest BCUT2D eigenvalue weighted by Crippen LogP contribution is 2.44. The summed E-state index contributed by atoms with van der Waals surface area (Å²) in [5, 5.41) is 17.8. The number of aliphatic imine (C=N–C) groups is 1. The number of carboxylic acid groups (broad SMARTS) is 1. The maximum atomic E-state index is 12.3. The molecule has 32 heavy (non-hydrogen) atoms. The molecule has 9 heteroatoms. The SMILES string of the molecule is CN=C(NC)NCCCC(NC(=O)OCC1c2ccccc2-c2ccccc21)C(=O)O.Cl. The Labute approximate surface area is 193 Å². The molecule has 0 spiro atoms. The van der Waals surface area contributed by atoms with Crippen LogP contribution in [0.15, 0.2) is 53.5 Å². The first kappa shape index (κ1) is 25.0. The summed E-state index contributed by atoms with van der Waals surface area (Å²) in [7, 11) is 3.39. The molecule has 1 unspecified atom stereocenters. The van der Waals surface area contributed by atoms with E-state index < -0.39 is 18.1 Å². The summed E-state index contributed by atoms with van der Waals surface area (Å²) in [4.78, 5) is 27.9. The number of hydrogen-bond donors (Lipinski definition) is 4. The Bertz CT molecular complexity index is 921. The molecule has 0 heterocycles. The van der Waals surface area contributed by atoms with E-state index in [1.807, 2.05) is 36.4 Å². The van der Waals surface area contributed by atoms with Crippen LogP contribution in [0.3, 0.4) is 0 Å². The number of carbonyl (C=O) groups excluding carboxylic acids is 1. The number of guanidine groups is 1. The number of amides is 1. The third kappa shape index (κ3) is 5.91. The van der Waals surface area contributed by atoms with Crippen molar-refractivity contribution in [2.24, 2.45) is 4.99 Å². The van der Waals surface area contributed by atoms with E-state index >= 15 is 0 Å². The Kier molecular flexibility index (Phi) is 9.34. The molecule has 8 nitrogen and oxygen atoms in total. The molecule has 0 radical (unpaired) electrons. The zero-order valence-corrected chi connectivity index (χ0v) is 18.9. The number of alkyl carbamates (subject to hydrolysis) is 1. The highest BCUT2D eigenvalue weighted by molar-refractivity contribution is 5.85. The van der Waals surface area contributed by atoms with Gasteiger partial charge < -0.3 is 25.8 Å². The zero-order valence-electron chi connectivity index (χ0n) is 18.1. The number of nitrogens with one attached hydrogen (secondary N) is 3. The molecule has 3 rings (SSSR count). The van der Waals surface area contributed by atoms with Gasteiger partial charge in [-0.1, -0.05) is 48.5 Å². The number of carboxylic acids is 1. The molecule has 1 aliphatic rings. The number of ether oxygens (including phenoxy) is 1. The Morgan fingerprint density at radius 2 is 1.69 bits per heavy atom. The van der Waals surface area contributed by atoms with Crippen molar-refractivity contribution < 1.29 is 19.4 Å². The minimum Gasteiger partial charge on any atom is -0.480 e. The number of aliphatic carboxylic acids is 1. The molecule has 0 saturated carbocycles. The average Bonchev–Trinajstić information content (AvgIpc) is 3.10. The largest absolute Gasteiger partial charge is 0.480 e. The van der Waals surface area contributed by atoms with E-state index in [0.717, 1.165) is 22.3 Å². The van der Waals surface area contributed by atoms with Crippen molar-refractivity contribution in [1.82, 2.24) is 16.0 Å². The van der Waals surface area contributed by atoms with Crippen LogP contribution < -0.4 is 16.0 Å². The van der Waals surface area contributed by atoms with Crippen LogP contribution in [0.2, 0.25) is 0 Å². The lowest BCUT2D eigenvalue weighted by atomic mass is 9.98. The second kappa shape index (κ2) is 12.0. The zero-order chi connectivity index (χ0) is 22.2. The molecule has 0 aliphatic heterocycles. The van der Waals surface area contributed by atoms with Gasteiger partial charge in [-0.05, 0) is 35.1 Å². The highest BCUT2D eigenvalue weighted by atomic mass is 35.5. The lowest BCUT2D eigenvalue weighted by Gasteiger charge is -2.17. The van der Waals surface area contributed by atoms with Crippen molar-refractivity contribution in [1.29, 1.82) is 0 Å². The molecule has 1 aliphatic carbocycles. The molecule has 0 fully saturated rings. The molecule has 4 N–H and O–H groups in total. The number of hydrogen-bond acceptors (Lipinski definition) is 4. The van der Waals surface area contributed by atoms with Gasteiger partial charge in [0.25, 0.3) is 0 Å². The predicted octanol–water partition coefficient (Wildman–Crippen LogP) is 2.98. The fraction of sp³-hybridized carbons (Fsp3) is 0.348. The van der Waals surface area contributed by atoms with Crippen LogP contribution in [0.25, 0.3) is 11.1 Å². The number of halogens is 1. The molecule has 1 amide bonds. The molecule has 0 bridgehead atoms. The molecule has 0 aromatic heterocycles. The first-order valence-corrected chi connectivity index (χ1v) is 10.3. The van der Waals surface area contributed by atoms with E-state index in [1.54, 1.807) is 14.1 Å². The van der Waals surface area contributed by atoms with E-state index in [-0.39, 0.29) is 31.4 Å². The molecule has 2 aromatic carbocycles. The van der Waals surface area contributed by atoms with Gasteiger partial charge in [0, 0.05) is 26.6 Å². The van der Waals surface area contributed by atoms with Gasteiger partial charge in [-0.3, -0.25) is 4.99 Å². The smallest absolute Gasteiger partial charge is 0.407 e. The van der Waals surface area contributed by atoms with Gasteiger partial charge in [0.1, 0.15) is 12.6 Å². The average molecular weight is 461 g/mol. The summed E-state index contributed by atoms with van der Waals surface area (Å²) >= 11 is 0. The first-order chi connectivity index (χ1) is 15.0. The fourth-order valence-electron chi connectivity index (χ4n) is 3.83. The maximum absolute atomic E-state index is 12.3.